The third-order valence-electron chi connectivity index (χ3n) is 4.98. The van der Waals surface area contributed by atoms with Crippen LogP contribution in [0.4, 0.5) is 34.5 Å². The van der Waals surface area contributed by atoms with Crippen molar-refractivity contribution in [2.75, 3.05) is 32.1 Å². The van der Waals surface area contributed by atoms with Crippen molar-refractivity contribution >= 4 is 36.3 Å². The smallest absolute Gasteiger partial charge is 0.496 e. The van der Waals surface area contributed by atoms with E-state index in [9.17, 15) is 34.5 Å². The molecular weight excluding hydrogens is 506 g/mol. The molecule has 13 heteroatoms. The second kappa shape index (κ2) is 13.0. The molecule has 0 spiro atoms. The number of ether oxygens (including phenoxy) is 1. The lowest BCUT2D eigenvalue weighted by Crippen LogP contribution is -2.17. The van der Waals surface area contributed by atoms with Gasteiger partial charge in [0.25, 0.3) is 0 Å². The van der Waals surface area contributed by atoms with Gasteiger partial charge in [0.1, 0.15) is 16.2 Å². The summed E-state index contributed by atoms with van der Waals surface area (Å²) < 4.78 is 84.0. The fraction of sp³-hybridized carbons (Fsp3) is 0.429. The second-order valence-corrected chi connectivity index (χ2v) is 12.6. The van der Waals surface area contributed by atoms with E-state index in [1.165, 1.54) is 22.3 Å². The number of rotatable bonds is 3. The Labute approximate surface area is 201 Å². The van der Waals surface area contributed by atoms with Crippen molar-refractivity contribution in [2.24, 2.45) is 0 Å². The number of halogens is 8. The molecule has 4 rings (SSSR count). The normalized spacial score (nSPS) is 17.9. The summed E-state index contributed by atoms with van der Waals surface area (Å²) in [6.45, 7) is 0. The van der Waals surface area contributed by atoms with Gasteiger partial charge in [-0.25, -0.2) is 0 Å². The number of para-hydroxylation sites is 1. The van der Waals surface area contributed by atoms with Crippen molar-refractivity contribution < 1.29 is 39.3 Å². The van der Waals surface area contributed by atoms with Gasteiger partial charge in [0, 0.05) is 24.0 Å². The fourth-order valence-electron chi connectivity index (χ4n) is 3.62. The Morgan fingerprint density at radius 1 is 0.647 bits per heavy atom. The van der Waals surface area contributed by atoms with Crippen molar-refractivity contribution in [3.05, 3.63) is 64.7 Å². The maximum atomic E-state index is 9.75. The lowest BCUT2D eigenvalue weighted by atomic mass is 9.99. The van der Waals surface area contributed by atoms with Gasteiger partial charge < -0.3 is 39.3 Å². The van der Waals surface area contributed by atoms with Crippen molar-refractivity contribution in [1.82, 2.24) is 0 Å². The van der Waals surface area contributed by atoms with Crippen LogP contribution in [-0.2, 0) is 34.6 Å². The average Bonchev–Trinajstić information content (AvgIpc) is 2.69. The van der Waals surface area contributed by atoms with Gasteiger partial charge in [-0.15, -0.1) is 0 Å². The first-order chi connectivity index (χ1) is 15.5. The van der Waals surface area contributed by atoms with Crippen LogP contribution in [0.25, 0.3) is 0 Å². The maximum absolute atomic E-state index is 9.75. The van der Waals surface area contributed by atoms with Gasteiger partial charge in [0.15, 0.2) is 0 Å². The van der Waals surface area contributed by atoms with E-state index in [2.05, 4.69) is 67.5 Å². The number of hydrogen-bond acceptors (Lipinski definition) is 1. The predicted octanol–water partition coefficient (Wildman–Crippen LogP) is 6.93. The van der Waals surface area contributed by atoms with Gasteiger partial charge in [-0.3, -0.25) is 0 Å². The quantitative estimate of drug-likeness (QED) is 0.236. The van der Waals surface area contributed by atoms with Crippen LogP contribution >= 0.6 is 0 Å². The van der Waals surface area contributed by atoms with Crippen molar-refractivity contribution in [3.63, 3.8) is 0 Å². The number of hydrogen-bond donors (Lipinski definition) is 0. The molecular formula is C21H28B2F8OS2. The average molecular weight is 534 g/mol. The number of methoxy groups -OCH3 is 1. The molecule has 1 nitrogen and oxygen atoms in total. The van der Waals surface area contributed by atoms with Crippen LogP contribution in [0.1, 0.15) is 32.8 Å². The van der Waals surface area contributed by atoms with Crippen LogP contribution in [-0.4, -0.2) is 46.6 Å². The molecule has 192 valence electrons. The maximum Gasteiger partial charge on any atom is 0.673 e. The summed E-state index contributed by atoms with van der Waals surface area (Å²) in [5.74, 6) is 1.14. The molecule has 0 amide bonds. The first kappa shape index (κ1) is 30.5. The van der Waals surface area contributed by atoms with Gasteiger partial charge in [-0.1, -0.05) is 42.5 Å². The second-order valence-electron chi connectivity index (χ2n) is 7.92. The third-order valence-corrected chi connectivity index (χ3v) is 8.09. The van der Waals surface area contributed by atoms with Crippen LogP contribution < -0.4 is 4.74 Å². The lowest BCUT2D eigenvalue weighted by molar-refractivity contribution is 0.366. The molecule has 0 fully saturated rings. The summed E-state index contributed by atoms with van der Waals surface area (Å²) in [6.07, 6.45) is 11.6. The Morgan fingerprint density at radius 2 is 0.941 bits per heavy atom. The first-order valence-corrected chi connectivity index (χ1v) is 14.3. The zero-order chi connectivity index (χ0) is 26.3. The van der Waals surface area contributed by atoms with Crippen molar-refractivity contribution in [2.45, 2.75) is 23.3 Å². The Bertz CT molecular complexity index is 811. The van der Waals surface area contributed by atoms with Crippen LogP contribution in [0.2, 0.25) is 0 Å². The highest BCUT2D eigenvalue weighted by Crippen LogP contribution is 2.41. The topological polar surface area (TPSA) is 9.23 Å². The Balaban J connectivity index is 0.000000489. The van der Waals surface area contributed by atoms with E-state index in [1.54, 1.807) is 0 Å². The van der Waals surface area contributed by atoms with E-state index in [4.69, 9.17) is 4.74 Å². The summed E-state index contributed by atoms with van der Waals surface area (Å²) in [5, 5.41) is 1.03. The van der Waals surface area contributed by atoms with Crippen LogP contribution in [0, 0.1) is 0 Å². The zero-order valence-corrected chi connectivity index (χ0v) is 21.1. The standard InChI is InChI=1S/C21H28OS2.2BF4/c1-22-21-17-7-6-8-18(21)20(24(4)5)14-16-11-9-15(10-12-16)13-19(17)23(2)3;2*2-1(3,4)5/h6-12,19-20H,13-14H2,1-5H3;;/q+2;2*-1. The molecule has 0 saturated heterocycles. The minimum Gasteiger partial charge on any atom is -0.496 e. The highest BCUT2D eigenvalue weighted by atomic mass is 32.2. The SMILES string of the molecule is COc1c2cccc1C([S+](C)C)Cc1ccc(cc1)CC2[S+](C)C.F[B-](F)(F)F.F[B-](F)(F)F. The molecule has 0 saturated carbocycles. The van der Waals surface area contributed by atoms with E-state index in [0.29, 0.717) is 32.3 Å². The molecule has 34 heavy (non-hydrogen) atoms. The minimum absolute atomic E-state index is 0.290. The predicted molar refractivity (Wildman–Crippen MR) is 131 cm³/mol. The van der Waals surface area contributed by atoms with Gasteiger partial charge >= 0.3 is 14.5 Å². The van der Waals surface area contributed by atoms with Gasteiger partial charge in [-0.05, 0) is 32.9 Å². The van der Waals surface area contributed by atoms with Gasteiger partial charge in [-0.2, -0.15) is 0 Å². The Hall–Kier alpha value is -1.49. The van der Waals surface area contributed by atoms with E-state index in [0.717, 1.165) is 18.6 Å². The molecule has 0 N–H and O–H groups in total. The lowest BCUT2D eigenvalue weighted by Gasteiger charge is -2.21. The first-order valence-electron chi connectivity index (χ1n) is 10.1. The molecule has 2 unspecified atom stereocenters. The fourth-order valence-corrected chi connectivity index (χ4v) is 6.06. The Kier molecular flexibility index (Phi) is 11.7. The molecule has 2 atom stereocenters. The van der Waals surface area contributed by atoms with E-state index >= 15 is 0 Å². The third kappa shape index (κ3) is 11.3. The van der Waals surface area contributed by atoms with Crippen molar-refractivity contribution in [1.29, 1.82) is 0 Å². The Morgan fingerprint density at radius 3 is 1.18 bits per heavy atom. The summed E-state index contributed by atoms with van der Waals surface area (Å²) in [5.41, 5.74) is 5.65. The zero-order valence-electron chi connectivity index (χ0n) is 19.5. The molecule has 4 bridgehead atoms. The summed E-state index contributed by atoms with van der Waals surface area (Å²) in [7, 11) is -9.58. The molecule has 2 aliphatic rings. The molecule has 0 aromatic heterocycles. The summed E-state index contributed by atoms with van der Waals surface area (Å²) >= 11 is 0. The molecule has 2 aliphatic carbocycles. The number of benzene rings is 2. The number of fused-ring (bicyclic) bond motifs is 4. The van der Waals surface area contributed by atoms with E-state index < -0.39 is 14.5 Å². The van der Waals surface area contributed by atoms with Crippen LogP contribution in [0.15, 0.2) is 42.5 Å². The minimum atomic E-state index is -6.00. The molecule has 2 aromatic rings. The highest BCUT2D eigenvalue weighted by Gasteiger charge is 2.34. The van der Waals surface area contributed by atoms with Crippen LogP contribution in [0.3, 0.4) is 0 Å². The largest absolute Gasteiger partial charge is 0.673 e. The molecule has 0 aliphatic heterocycles. The molecule has 0 heterocycles. The van der Waals surface area contributed by atoms with Gasteiger partial charge in [0.2, 0.25) is 0 Å². The van der Waals surface area contributed by atoms with E-state index in [-0.39, 0.29) is 0 Å². The van der Waals surface area contributed by atoms with Gasteiger partial charge in [0.05, 0.1) is 32.1 Å². The summed E-state index contributed by atoms with van der Waals surface area (Å²) in [4.78, 5) is 0. The molecule has 0 radical (unpaired) electrons. The summed E-state index contributed by atoms with van der Waals surface area (Å²) in [6, 6.07) is 16.1. The van der Waals surface area contributed by atoms with Crippen LogP contribution in [0.5, 0.6) is 5.75 Å². The molecule has 2 aromatic carbocycles. The van der Waals surface area contributed by atoms with E-state index in [1.807, 2.05) is 7.11 Å². The monoisotopic (exact) mass is 534 g/mol. The van der Waals surface area contributed by atoms with Crippen molar-refractivity contribution in [3.8, 4) is 5.75 Å². The highest BCUT2D eigenvalue weighted by molar-refractivity contribution is 7.96.